The van der Waals surface area contributed by atoms with Crippen LogP contribution in [0.1, 0.15) is 11.1 Å². The van der Waals surface area contributed by atoms with Crippen LogP contribution in [0.4, 0.5) is 11.4 Å². The van der Waals surface area contributed by atoms with E-state index in [1.165, 1.54) is 0 Å². The van der Waals surface area contributed by atoms with E-state index in [4.69, 9.17) is 10.5 Å². The number of benzene rings is 2. The number of nitrogen functional groups attached to an aromatic ring is 1. The van der Waals surface area contributed by atoms with Gasteiger partial charge in [-0.1, -0.05) is 17.7 Å². The first-order chi connectivity index (χ1) is 9.54. The first-order valence-electron chi connectivity index (χ1n) is 6.40. The highest BCUT2D eigenvalue weighted by atomic mass is 16.5. The number of aryl methyl sites for hydroxylation is 2. The normalized spacial score (nSPS) is 10.1. The number of hydrogen-bond donors (Lipinski definition) is 2. The van der Waals surface area contributed by atoms with Gasteiger partial charge in [-0.15, -0.1) is 0 Å². The fourth-order valence-corrected chi connectivity index (χ4v) is 1.73. The maximum absolute atomic E-state index is 11.8. The van der Waals surface area contributed by atoms with E-state index in [2.05, 4.69) is 5.32 Å². The van der Waals surface area contributed by atoms with Gasteiger partial charge in [0.15, 0.2) is 6.61 Å². The Kier molecular flexibility index (Phi) is 4.25. The molecule has 0 bridgehead atoms. The summed E-state index contributed by atoms with van der Waals surface area (Å²) in [6.45, 7) is 3.88. The van der Waals surface area contributed by atoms with Gasteiger partial charge in [-0.25, -0.2) is 0 Å². The summed E-state index contributed by atoms with van der Waals surface area (Å²) in [6, 6.07) is 12.9. The summed E-state index contributed by atoms with van der Waals surface area (Å²) in [5.74, 6) is 0.481. The van der Waals surface area contributed by atoms with Crippen LogP contribution < -0.4 is 15.8 Å². The van der Waals surface area contributed by atoms with Crippen LogP contribution in [0.2, 0.25) is 0 Å². The van der Waals surface area contributed by atoms with E-state index in [9.17, 15) is 4.79 Å². The molecule has 0 radical (unpaired) electrons. The van der Waals surface area contributed by atoms with Gasteiger partial charge in [-0.05, 0) is 49.7 Å². The summed E-state index contributed by atoms with van der Waals surface area (Å²) in [5, 5.41) is 2.77. The predicted octanol–water partition coefficient (Wildman–Crippen LogP) is 2.90. The molecule has 3 N–H and O–H groups in total. The smallest absolute Gasteiger partial charge is 0.262 e. The molecular formula is C16H18N2O2. The molecule has 20 heavy (non-hydrogen) atoms. The van der Waals surface area contributed by atoms with Crippen LogP contribution in [0.5, 0.6) is 5.75 Å². The molecule has 4 heteroatoms. The molecule has 2 aromatic carbocycles. The molecule has 0 unspecified atom stereocenters. The van der Waals surface area contributed by atoms with Gasteiger partial charge in [0.1, 0.15) is 5.75 Å². The number of carbonyl (C=O) groups is 1. The van der Waals surface area contributed by atoms with Crippen molar-refractivity contribution in [1.82, 2.24) is 0 Å². The van der Waals surface area contributed by atoms with E-state index in [0.29, 0.717) is 17.1 Å². The Morgan fingerprint density at radius 1 is 1.15 bits per heavy atom. The first kappa shape index (κ1) is 13.9. The highest BCUT2D eigenvalue weighted by molar-refractivity contribution is 5.92. The Balaban J connectivity index is 1.89. The summed E-state index contributed by atoms with van der Waals surface area (Å²) in [7, 11) is 0. The molecule has 0 aliphatic heterocycles. The minimum Gasteiger partial charge on any atom is -0.484 e. The Morgan fingerprint density at radius 3 is 2.50 bits per heavy atom. The number of anilines is 2. The molecule has 0 fully saturated rings. The number of rotatable bonds is 4. The van der Waals surface area contributed by atoms with Crippen LogP contribution in [-0.2, 0) is 4.79 Å². The van der Waals surface area contributed by atoms with E-state index in [0.717, 1.165) is 11.1 Å². The molecule has 0 spiro atoms. The maximum Gasteiger partial charge on any atom is 0.262 e. The van der Waals surface area contributed by atoms with Gasteiger partial charge in [0.2, 0.25) is 0 Å². The molecule has 1 amide bonds. The van der Waals surface area contributed by atoms with Crippen molar-refractivity contribution in [2.24, 2.45) is 0 Å². The van der Waals surface area contributed by atoms with Gasteiger partial charge < -0.3 is 15.8 Å². The fourth-order valence-electron chi connectivity index (χ4n) is 1.73. The van der Waals surface area contributed by atoms with E-state index in [1.54, 1.807) is 12.1 Å². The fraction of sp³-hybridized carbons (Fsp3) is 0.188. The van der Waals surface area contributed by atoms with Gasteiger partial charge in [-0.2, -0.15) is 0 Å². The molecular weight excluding hydrogens is 252 g/mol. The van der Waals surface area contributed by atoms with Crippen molar-refractivity contribution in [2.75, 3.05) is 17.7 Å². The molecule has 2 rings (SSSR count). The molecule has 104 valence electrons. The quantitative estimate of drug-likeness (QED) is 0.840. The highest BCUT2D eigenvalue weighted by Crippen LogP contribution is 2.16. The lowest BCUT2D eigenvalue weighted by atomic mass is 10.2. The van der Waals surface area contributed by atoms with Crippen LogP contribution in [0.25, 0.3) is 0 Å². The third-order valence-corrected chi connectivity index (χ3v) is 2.94. The topological polar surface area (TPSA) is 64.3 Å². The maximum atomic E-state index is 11.8. The van der Waals surface area contributed by atoms with Crippen LogP contribution in [0, 0.1) is 13.8 Å². The number of ether oxygens (including phenoxy) is 1. The van der Waals surface area contributed by atoms with Crippen molar-refractivity contribution in [3.8, 4) is 5.75 Å². The lowest BCUT2D eigenvalue weighted by molar-refractivity contribution is -0.118. The second-order valence-corrected chi connectivity index (χ2v) is 4.72. The predicted molar refractivity (Wildman–Crippen MR) is 80.9 cm³/mol. The van der Waals surface area contributed by atoms with Crippen molar-refractivity contribution in [1.29, 1.82) is 0 Å². The third-order valence-electron chi connectivity index (χ3n) is 2.94. The molecule has 4 nitrogen and oxygen atoms in total. The molecule has 0 aliphatic rings. The standard InChI is InChI=1S/C16H18N2O2/c1-11-3-6-14(7-4-11)20-10-16(19)18-13-5-8-15(17)12(2)9-13/h3-9H,10,17H2,1-2H3,(H,18,19). The summed E-state index contributed by atoms with van der Waals surface area (Å²) in [4.78, 5) is 11.8. The lowest BCUT2D eigenvalue weighted by Crippen LogP contribution is -2.20. The summed E-state index contributed by atoms with van der Waals surface area (Å²) >= 11 is 0. The van der Waals surface area contributed by atoms with Gasteiger partial charge in [0.25, 0.3) is 5.91 Å². The van der Waals surface area contributed by atoms with Gasteiger partial charge >= 0.3 is 0 Å². The largest absolute Gasteiger partial charge is 0.484 e. The average Bonchev–Trinajstić information content (AvgIpc) is 2.42. The van der Waals surface area contributed by atoms with Crippen molar-refractivity contribution >= 4 is 17.3 Å². The monoisotopic (exact) mass is 270 g/mol. The van der Waals surface area contributed by atoms with Crippen molar-refractivity contribution in [3.63, 3.8) is 0 Å². The Labute approximate surface area is 118 Å². The van der Waals surface area contributed by atoms with Crippen LogP contribution in [0.15, 0.2) is 42.5 Å². The molecule has 0 aliphatic carbocycles. The average molecular weight is 270 g/mol. The minimum atomic E-state index is -0.199. The summed E-state index contributed by atoms with van der Waals surface area (Å²) in [6.07, 6.45) is 0. The van der Waals surface area contributed by atoms with Crippen LogP contribution >= 0.6 is 0 Å². The molecule has 0 saturated heterocycles. The highest BCUT2D eigenvalue weighted by Gasteiger charge is 2.04. The van der Waals surface area contributed by atoms with Gasteiger partial charge in [0, 0.05) is 11.4 Å². The lowest BCUT2D eigenvalue weighted by Gasteiger charge is -2.09. The number of nitrogens with one attached hydrogen (secondary N) is 1. The molecule has 0 aromatic heterocycles. The van der Waals surface area contributed by atoms with Crippen molar-refractivity contribution in [2.45, 2.75) is 13.8 Å². The Hall–Kier alpha value is -2.49. The van der Waals surface area contributed by atoms with Crippen LogP contribution in [0.3, 0.4) is 0 Å². The van der Waals surface area contributed by atoms with Gasteiger partial charge in [0.05, 0.1) is 0 Å². The number of amides is 1. The second kappa shape index (κ2) is 6.10. The zero-order valence-corrected chi connectivity index (χ0v) is 11.6. The first-order valence-corrected chi connectivity index (χ1v) is 6.40. The molecule has 2 aromatic rings. The molecule has 0 atom stereocenters. The second-order valence-electron chi connectivity index (χ2n) is 4.72. The van der Waals surface area contributed by atoms with Crippen molar-refractivity contribution in [3.05, 3.63) is 53.6 Å². The summed E-state index contributed by atoms with van der Waals surface area (Å²) < 4.78 is 5.41. The SMILES string of the molecule is Cc1ccc(OCC(=O)Nc2ccc(N)c(C)c2)cc1. The third kappa shape index (κ3) is 3.75. The van der Waals surface area contributed by atoms with E-state index < -0.39 is 0 Å². The molecule has 0 saturated carbocycles. The van der Waals surface area contributed by atoms with Crippen LogP contribution in [-0.4, -0.2) is 12.5 Å². The zero-order chi connectivity index (χ0) is 14.5. The van der Waals surface area contributed by atoms with Gasteiger partial charge in [-0.3, -0.25) is 4.79 Å². The zero-order valence-electron chi connectivity index (χ0n) is 11.6. The molecule has 0 heterocycles. The number of nitrogens with two attached hydrogens (primary N) is 1. The Morgan fingerprint density at radius 2 is 1.85 bits per heavy atom. The Bertz CT molecular complexity index is 606. The number of carbonyl (C=O) groups excluding carboxylic acids is 1. The van der Waals surface area contributed by atoms with E-state index in [-0.39, 0.29) is 12.5 Å². The number of hydrogen-bond acceptors (Lipinski definition) is 3. The van der Waals surface area contributed by atoms with Crippen molar-refractivity contribution < 1.29 is 9.53 Å². The van der Waals surface area contributed by atoms with E-state index >= 15 is 0 Å². The minimum absolute atomic E-state index is 0.0213. The van der Waals surface area contributed by atoms with E-state index in [1.807, 2.05) is 44.2 Å². The summed E-state index contributed by atoms with van der Waals surface area (Å²) in [5.41, 5.74) is 9.24.